The predicted octanol–water partition coefficient (Wildman–Crippen LogP) is 3.07. The summed E-state index contributed by atoms with van der Waals surface area (Å²) in [6.07, 6.45) is 3.09. The van der Waals surface area contributed by atoms with E-state index in [0.717, 1.165) is 0 Å². The van der Waals surface area contributed by atoms with Gasteiger partial charge in [0.05, 0.1) is 11.9 Å². The van der Waals surface area contributed by atoms with Crippen molar-refractivity contribution in [3.63, 3.8) is 0 Å². The van der Waals surface area contributed by atoms with Crippen molar-refractivity contribution in [2.75, 3.05) is 0 Å². The van der Waals surface area contributed by atoms with Crippen LogP contribution in [0, 0.1) is 12.7 Å². The number of pyridine rings is 1. The molecule has 116 valence electrons. The lowest BCUT2D eigenvalue weighted by atomic mass is 10.2. The Morgan fingerprint density at radius 1 is 1.26 bits per heavy atom. The molecule has 3 rings (SSSR count). The van der Waals surface area contributed by atoms with Gasteiger partial charge in [0.1, 0.15) is 18.0 Å². The molecule has 0 bridgehead atoms. The number of rotatable bonds is 4. The fourth-order valence-electron chi connectivity index (χ4n) is 2.17. The van der Waals surface area contributed by atoms with Crippen LogP contribution in [0.1, 0.15) is 21.6 Å². The number of benzene rings is 1. The fourth-order valence-corrected chi connectivity index (χ4v) is 2.17. The number of esters is 1. The van der Waals surface area contributed by atoms with Gasteiger partial charge in [-0.15, -0.1) is 0 Å². The van der Waals surface area contributed by atoms with Crippen LogP contribution in [0.4, 0.5) is 4.39 Å². The second-order valence-electron chi connectivity index (χ2n) is 4.95. The molecule has 0 unspecified atom stereocenters. The van der Waals surface area contributed by atoms with Gasteiger partial charge in [-0.25, -0.2) is 18.9 Å². The third-order valence-corrected chi connectivity index (χ3v) is 3.35. The number of halogens is 1. The third kappa shape index (κ3) is 3.26. The van der Waals surface area contributed by atoms with E-state index in [1.165, 1.54) is 18.3 Å². The molecule has 5 nitrogen and oxygen atoms in total. The van der Waals surface area contributed by atoms with Crippen LogP contribution in [0.25, 0.3) is 5.82 Å². The SMILES string of the molecule is Cc1c(C(=O)OCc2cccc(F)c2)cnn1-c1ccccn1. The van der Waals surface area contributed by atoms with Gasteiger partial charge in [-0.3, -0.25) is 0 Å². The summed E-state index contributed by atoms with van der Waals surface area (Å²) < 4.78 is 19.9. The fraction of sp³-hybridized carbons (Fsp3) is 0.118. The smallest absolute Gasteiger partial charge is 0.341 e. The summed E-state index contributed by atoms with van der Waals surface area (Å²) in [5.41, 5.74) is 1.58. The van der Waals surface area contributed by atoms with Gasteiger partial charge in [-0.05, 0) is 36.8 Å². The highest BCUT2D eigenvalue weighted by Crippen LogP contribution is 2.14. The first kappa shape index (κ1) is 14.9. The van der Waals surface area contributed by atoms with Gasteiger partial charge >= 0.3 is 5.97 Å². The zero-order valence-electron chi connectivity index (χ0n) is 12.4. The van der Waals surface area contributed by atoms with Gasteiger partial charge in [0, 0.05) is 6.20 Å². The normalized spacial score (nSPS) is 10.5. The molecule has 0 saturated heterocycles. The zero-order valence-corrected chi connectivity index (χ0v) is 12.4. The van der Waals surface area contributed by atoms with Crippen LogP contribution in [0.15, 0.2) is 54.9 Å². The number of ether oxygens (including phenoxy) is 1. The van der Waals surface area contributed by atoms with Crippen LogP contribution in [0.3, 0.4) is 0 Å². The molecule has 0 saturated carbocycles. The van der Waals surface area contributed by atoms with E-state index in [2.05, 4.69) is 10.1 Å². The van der Waals surface area contributed by atoms with E-state index >= 15 is 0 Å². The summed E-state index contributed by atoms with van der Waals surface area (Å²) in [5.74, 6) is -0.249. The molecule has 0 atom stereocenters. The molecular formula is C17H14FN3O2. The molecule has 3 aromatic rings. The molecule has 0 aliphatic rings. The predicted molar refractivity (Wildman–Crippen MR) is 81.6 cm³/mol. The molecule has 0 N–H and O–H groups in total. The van der Waals surface area contributed by atoms with E-state index < -0.39 is 5.97 Å². The number of aromatic nitrogens is 3. The maximum atomic E-state index is 13.1. The highest BCUT2D eigenvalue weighted by atomic mass is 19.1. The van der Waals surface area contributed by atoms with E-state index in [1.54, 1.807) is 42.1 Å². The summed E-state index contributed by atoms with van der Waals surface area (Å²) in [6, 6.07) is 11.4. The van der Waals surface area contributed by atoms with Crippen molar-refractivity contribution in [3.8, 4) is 5.82 Å². The first-order valence-corrected chi connectivity index (χ1v) is 7.03. The Morgan fingerprint density at radius 3 is 2.87 bits per heavy atom. The van der Waals surface area contributed by atoms with Crippen molar-refractivity contribution in [1.29, 1.82) is 0 Å². The average molecular weight is 311 g/mol. The van der Waals surface area contributed by atoms with E-state index in [0.29, 0.717) is 22.6 Å². The maximum absolute atomic E-state index is 13.1. The summed E-state index contributed by atoms with van der Waals surface area (Å²) >= 11 is 0. The highest BCUT2D eigenvalue weighted by molar-refractivity contribution is 5.90. The minimum atomic E-state index is -0.506. The summed E-state index contributed by atoms with van der Waals surface area (Å²) in [6.45, 7) is 1.77. The van der Waals surface area contributed by atoms with Crippen molar-refractivity contribution in [3.05, 3.63) is 77.5 Å². The molecule has 23 heavy (non-hydrogen) atoms. The second kappa shape index (κ2) is 6.39. The van der Waals surface area contributed by atoms with Gasteiger partial charge in [0.2, 0.25) is 0 Å². The molecule has 6 heteroatoms. The average Bonchev–Trinajstić information content (AvgIpc) is 2.95. The monoisotopic (exact) mass is 311 g/mol. The maximum Gasteiger partial charge on any atom is 0.341 e. The molecule has 0 aliphatic heterocycles. The molecule has 0 fully saturated rings. The molecular weight excluding hydrogens is 297 g/mol. The first-order chi connectivity index (χ1) is 11.1. The van der Waals surface area contributed by atoms with Crippen molar-refractivity contribution < 1.29 is 13.9 Å². The van der Waals surface area contributed by atoms with Gasteiger partial charge in [0.25, 0.3) is 0 Å². The van der Waals surface area contributed by atoms with Crippen LogP contribution in [0.2, 0.25) is 0 Å². The molecule has 2 heterocycles. The Kier molecular flexibility index (Phi) is 4.14. The van der Waals surface area contributed by atoms with Crippen LogP contribution >= 0.6 is 0 Å². The molecule has 0 amide bonds. The summed E-state index contributed by atoms with van der Waals surface area (Å²) in [5, 5.41) is 4.17. The van der Waals surface area contributed by atoms with E-state index in [4.69, 9.17) is 4.74 Å². The lowest BCUT2D eigenvalue weighted by molar-refractivity contribution is 0.0471. The minimum Gasteiger partial charge on any atom is -0.457 e. The topological polar surface area (TPSA) is 57.0 Å². The number of carbonyl (C=O) groups is 1. The van der Waals surface area contributed by atoms with Gasteiger partial charge in [-0.2, -0.15) is 5.10 Å². The Hall–Kier alpha value is -3.02. The molecule has 2 aromatic heterocycles. The van der Waals surface area contributed by atoms with Gasteiger partial charge in [-0.1, -0.05) is 18.2 Å². The standard InChI is InChI=1S/C17H14FN3O2/c1-12-15(10-20-21(12)16-7-2-3-8-19-16)17(22)23-11-13-5-4-6-14(18)9-13/h2-10H,11H2,1H3. The first-order valence-electron chi connectivity index (χ1n) is 7.03. The molecule has 0 radical (unpaired) electrons. The van der Waals surface area contributed by atoms with Crippen molar-refractivity contribution >= 4 is 5.97 Å². The van der Waals surface area contributed by atoms with Gasteiger partial charge < -0.3 is 4.74 Å². The number of hydrogen-bond acceptors (Lipinski definition) is 4. The van der Waals surface area contributed by atoms with E-state index in [9.17, 15) is 9.18 Å². The van der Waals surface area contributed by atoms with Crippen molar-refractivity contribution in [2.24, 2.45) is 0 Å². The summed E-state index contributed by atoms with van der Waals surface area (Å²) in [4.78, 5) is 16.4. The van der Waals surface area contributed by atoms with Crippen LogP contribution < -0.4 is 0 Å². The second-order valence-corrected chi connectivity index (χ2v) is 4.95. The van der Waals surface area contributed by atoms with Gasteiger partial charge in [0.15, 0.2) is 5.82 Å². The number of nitrogens with zero attached hydrogens (tertiary/aromatic N) is 3. The Morgan fingerprint density at radius 2 is 2.13 bits per heavy atom. The lowest BCUT2D eigenvalue weighted by Crippen LogP contribution is -2.08. The Labute approximate surface area is 132 Å². The largest absolute Gasteiger partial charge is 0.457 e. The third-order valence-electron chi connectivity index (χ3n) is 3.35. The van der Waals surface area contributed by atoms with Crippen LogP contribution in [0.5, 0.6) is 0 Å². The quantitative estimate of drug-likeness (QED) is 0.695. The van der Waals surface area contributed by atoms with Crippen LogP contribution in [-0.2, 0) is 11.3 Å². The Balaban J connectivity index is 1.75. The number of carbonyl (C=O) groups excluding carboxylic acids is 1. The molecule has 0 spiro atoms. The van der Waals surface area contributed by atoms with Crippen LogP contribution in [-0.4, -0.2) is 20.7 Å². The minimum absolute atomic E-state index is 0.00476. The van der Waals surface area contributed by atoms with Crippen molar-refractivity contribution in [1.82, 2.24) is 14.8 Å². The highest BCUT2D eigenvalue weighted by Gasteiger charge is 2.17. The van der Waals surface area contributed by atoms with Crippen molar-refractivity contribution in [2.45, 2.75) is 13.5 Å². The molecule has 1 aromatic carbocycles. The number of hydrogen-bond donors (Lipinski definition) is 0. The van der Waals surface area contributed by atoms with E-state index in [1.807, 2.05) is 6.07 Å². The molecule has 0 aliphatic carbocycles. The zero-order chi connectivity index (χ0) is 16.2. The lowest BCUT2D eigenvalue weighted by Gasteiger charge is -2.06. The Bertz CT molecular complexity index is 831. The summed E-state index contributed by atoms with van der Waals surface area (Å²) in [7, 11) is 0. The van der Waals surface area contributed by atoms with E-state index in [-0.39, 0.29) is 12.4 Å².